The van der Waals surface area contributed by atoms with Crippen LogP contribution in [0, 0.1) is 0 Å². The van der Waals surface area contributed by atoms with Crippen molar-refractivity contribution >= 4 is 22.8 Å². The third kappa shape index (κ3) is 6.10. The summed E-state index contributed by atoms with van der Waals surface area (Å²) in [5.74, 6) is 1.54. The molecule has 0 saturated heterocycles. The lowest BCUT2D eigenvalue weighted by molar-refractivity contribution is 0.0773. The molecular weight excluding hydrogens is 506 g/mol. The smallest absolute Gasteiger partial charge is 0.253 e. The number of hydrogen-bond donors (Lipinski definition) is 0. The summed E-state index contributed by atoms with van der Waals surface area (Å²) in [5, 5.41) is 1.03. The molecular formula is C32H39N3O3S. The largest absolute Gasteiger partial charge is 0.493 e. The summed E-state index contributed by atoms with van der Waals surface area (Å²) < 4.78 is 11.3. The molecule has 1 aromatic heterocycles. The van der Waals surface area contributed by atoms with Crippen LogP contribution in [-0.2, 0) is 13.0 Å². The van der Waals surface area contributed by atoms with Gasteiger partial charge in [0.2, 0.25) is 0 Å². The number of hydrogen-bond acceptors (Lipinski definition) is 6. The minimum absolute atomic E-state index is 0.00781. The van der Waals surface area contributed by atoms with Crippen LogP contribution in [0.1, 0.15) is 70.7 Å². The highest BCUT2D eigenvalue weighted by Gasteiger charge is 2.31. The van der Waals surface area contributed by atoms with Gasteiger partial charge in [-0.1, -0.05) is 30.4 Å². The minimum atomic E-state index is 0.00781. The lowest BCUT2D eigenvalue weighted by Crippen LogP contribution is -2.35. The third-order valence-corrected chi connectivity index (χ3v) is 8.35. The molecule has 2 aromatic carbocycles. The summed E-state index contributed by atoms with van der Waals surface area (Å²) in [6.07, 6.45) is 9.16. The van der Waals surface area contributed by atoms with Crippen molar-refractivity contribution in [3.63, 3.8) is 0 Å². The molecule has 3 aromatic rings. The van der Waals surface area contributed by atoms with Gasteiger partial charge >= 0.3 is 0 Å². The second kappa shape index (κ2) is 13.1. The summed E-state index contributed by atoms with van der Waals surface area (Å²) >= 11 is 1.74. The highest BCUT2D eigenvalue weighted by atomic mass is 32.1. The van der Waals surface area contributed by atoms with Gasteiger partial charge in [0, 0.05) is 48.4 Å². The predicted molar refractivity (Wildman–Crippen MR) is 160 cm³/mol. The number of nitrogens with zero attached hydrogens (tertiary/aromatic N) is 3. The normalized spacial score (nSPS) is 15.8. The highest BCUT2D eigenvalue weighted by molar-refractivity contribution is 7.12. The van der Waals surface area contributed by atoms with Crippen molar-refractivity contribution in [2.75, 3.05) is 33.9 Å². The molecule has 0 spiro atoms. The molecule has 1 unspecified atom stereocenters. The van der Waals surface area contributed by atoms with Gasteiger partial charge in [0.05, 0.1) is 20.3 Å². The van der Waals surface area contributed by atoms with Gasteiger partial charge in [-0.2, -0.15) is 0 Å². The van der Waals surface area contributed by atoms with Crippen molar-refractivity contribution in [3.8, 4) is 11.5 Å². The number of rotatable bonds is 10. The monoisotopic (exact) mass is 545 g/mol. The summed E-state index contributed by atoms with van der Waals surface area (Å²) in [6.45, 7) is 11.2. The molecule has 0 radical (unpaired) electrons. The number of carbonyl (C=O) groups excluding carboxylic acids is 1. The van der Waals surface area contributed by atoms with Gasteiger partial charge in [0.25, 0.3) is 5.91 Å². The molecule has 1 aliphatic rings. The lowest BCUT2D eigenvalue weighted by Gasteiger charge is -2.38. The van der Waals surface area contributed by atoms with Crippen LogP contribution in [0.15, 0.2) is 60.8 Å². The molecule has 1 atom stereocenters. The zero-order valence-electron chi connectivity index (χ0n) is 23.9. The van der Waals surface area contributed by atoms with E-state index in [1.165, 1.54) is 16.0 Å². The zero-order valence-corrected chi connectivity index (χ0v) is 24.7. The first kappa shape index (κ1) is 28.6. The van der Waals surface area contributed by atoms with Crippen LogP contribution in [0.25, 0.3) is 5.57 Å². The Morgan fingerprint density at radius 1 is 1.10 bits per heavy atom. The molecule has 6 nitrogen and oxygen atoms in total. The molecule has 7 heteroatoms. The minimum Gasteiger partial charge on any atom is -0.493 e. The molecule has 0 bridgehead atoms. The quantitative estimate of drug-likeness (QED) is 0.263. The number of benzene rings is 2. The van der Waals surface area contributed by atoms with Crippen LogP contribution in [0.5, 0.6) is 11.5 Å². The van der Waals surface area contributed by atoms with Gasteiger partial charge in [-0.05, 0) is 75.1 Å². The van der Waals surface area contributed by atoms with Crippen LogP contribution in [0.4, 0.5) is 0 Å². The molecule has 1 aliphatic heterocycles. The van der Waals surface area contributed by atoms with Gasteiger partial charge in [0.15, 0.2) is 11.5 Å². The molecule has 0 saturated carbocycles. The Balaban J connectivity index is 1.72. The summed E-state index contributed by atoms with van der Waals surface area (Å²) in [7, 11) is 3.35. The maximum Gasteiger partial charge on any atom is 0.253 e. The van der Waals surface area contributed by atoms with E-state index in [2.05, 4.69) is 41.3 Å². The average molecular weight is 546 g/mol. The van der Waals surface area contributed by atoms with Crippen LogP contribution in [0.3, 0.4) is 0 Å². The fraction of sp³-hybridized carbons (Fsp3) is 0.375. The average Bonchev–Trinajstić information content (AvgIpc) is 3.43. The van der Waals surface area contributed by atoms with Crippen molar-refractivity contribution in [2.45, 2.75) is 46.7 Å². The van der Waals surface area contributed by atoms with Crippen molar-refractivity contribution in [1.29, 1.82) is 0 Å². The molecule has 0 fully saturated rings. The van der Waals surface area contributed by atoms with E-state index >= 15 is 0 Å². The van der Waals surface area contributed by atoms with Crippen LogP contribution >= 0.6 is 11.3 Å². The topological polar surface area (TPSA) is 54.9 Å². The first-order valence-electron chi connectivity index (χ1n) is 13.6. The maximum atomic E-state index is 13.0. The fourth-order valence-electron chi connectivity index (χ4n) is 5.24. The number of carbonyl (C=O) groups is 1. The molecule has 0 aliphatic carbocycles. The summed E-state index contributed by atoms with van der Waals surface area (Å²) in [6, 6.07) is 12.4. The van der Waals surface area contributed by atoms with E-state index in [4.69, 9.17) is 14.5 Å². The number of ether oxygens (including phenoxy) is 2. The van der Waals surface area contributed by atoms with Crippen molar-refractivity contribution in [1.82, 2.24) is 14.8 Å². The maximum absolute atomic E-state index is 13.0. The fourth-order valence-corrected chi connectivity index (χ4v) is 6.24. The van der Waals surface area contributed by atoms with Gasteiger partial charge in [-0.3, -0.25) is 9.69 Å². The number of methoxy groups -OCH3 is 2. The Bertz CT molecular complexity index is 1340. The SMILES string of the molecule is C/C=C\C(=C/C)c1ncc(CN2CCc3cc(OC)c(OC)cc3C2c2ccc(C(=O)N(CC)CC)cc2)s1. The molecule has 1 amide bonds. The van der Waals surface area contributed by atoms with Crippen molar-refractivity contribution in [2.24, 2.45) is 0 Å². The molecule has 39 heavy (non-hydrogen) atoms. The van der Waals surface area contributed by atoms with Crippen molar-refractivity contribution < 1.29 is 14.3 Å². The third-order valence-electron chi connectivity index (χ3n) is 7.31. The highest BCUT2D eigenvalue weighted by Crippen LogP contribution is 2.42. The van der Waals surface area contributed by atoms with Gasteiger partial charge in [0.1, 0.15) is 5.01 Å². The first-order valence-corrected chi connectivity index (χ1v) is 14.4. The van der Waals surface area contributed by atoms with Gasteiger partial charge in [-0.15, -0.1) is 11.3 Å². The lowest BCUT2D eigenvalue weighted by atomic mass is 9.87. The van der Waals surface area contributed by atoms with E-state index in [9.17, 15) is 4.79 Å². The zero-order chi connectivity index (χ0) is 27.9. The summed E-state index contributed by atoms with van der Waals surface area (Å²) in [5.41, 5.74) is 5.46. The Kier molecular flexibility index (Phi) is 9.59. The van der Waals surface area contributed by atoms with E-state index in [0.717, 1.165) is 47.2 Å². The Morgan fingerprint density at radius 3 is 2.41 bits per heavy atom. The number of thiazole rings is 1. The number of allylic oxidation sites excluding steroid dienone is 4. The molecule has 206 valence electrons. The van der Waals surface area contributed by atoms with Crippen LogP contribution < -0.4 is 9.47 Å². The number of fused-ring (bicyclic) bond motifs is 1. The van der Waals surface area contributed by atoms with Crippen LogP contribution in [-0.4, -0.2) is 54.5 Å². The second-order valence-electron chi connectivity index (χ2n) is 9.50. The van der Waals surface area contributed by atoms with E-state index in [1.54, 1.807) is 25.6 Å². The Hall–Kier alpha value is -3.42. The Morgan fingerprint density at radius 2 is 1.79 bits per heavy atom. The van der Waals surface area contributed by atoms with E-state index in [0.29, 0.717) is 18.7 Å². The molecule has 0 N–H and O–H groups in total. The van der Waals surface area contributed by atoms with E-state index in [-0.39, 0.29) is 11.9 Å². The second-order valence-corrected chi connectivity index (χ2v) is 10.6. The Labute approximate surface area is 236 Å². The molecule has 4 rings (SSSR count). The molecule has 2 heterocycles. The predicted octanol–water partition coefficient (Wildman–Crippen LogP) is 6.77. The van der Waals surface area contributed by atoms with Crippen molar-refractivity contribution in [3.05, 3.63) is 93.0 Å². The number of aromatic nitrogens is 1. The van der Waals surface area contributed by atoms with E-state index < -0.39 is 0 Å². The van der Waals surface area contributed by atoms with Gasteiger partial charge < -0.3 is 14.4 Å². The number of amides is 1. The standard InChI is InChI=1S/C32H39N3O3S/c1-7-11-22(8-2)31-33-20-26(39-31)21-35-17-16-25-18-28(37-5)29(38-6)19-27(25)30(35)23-12-14-24(15-13-23)32(36)34(9-3)10-4/h7-8,11-15,18-20,30H,9-10,16-17,21H2,1-6H3/b11-7-,22-8+. The van der Waals surface area contributed by atoms with E-state index in [1.807, 2.05) is 57.0 Å². The summed E-state index contributed by atoms with van der Waals surface area (Å²) in [4.78, 5) is 23.2. The first-order chi connectivity index (χ1) is 19.0. The van der Waals surface area contributed by atoms with Gasteiger partial charge in [-0.25, -0.2) is 4.98 Å². The van der Waals surface area contributed by atoms with Crippen LogP contribution in [0.2, 0.25) is 0 Å².